The molecule has 1 aliphatic heterocycles. The van der Waals surface area contributed by atoms with Crippen LogP contribution in [0.25, 0.3) is 0 Å². The Labute approximate surface area is 107 Å². The van der Waals surface area contributed by atoms with E-state index in [4.69, 9.17) is 16.3 Å². The fourth-order valence-corrected chi connectivity index (χ4v) is 2.67. The summed E-state index contributed by atoms with van der Waals surface area (Å²) in [4.78, 5) is 0. The molecule has 5 heteroatoms. The number of likely N-dealkylation sites (N-methyl/N-ethyl adjacent to an activating group) is 1. The Balaban J connectivity index is 2.32. The topological polar surface area (TPSA) is 39.1 Å². The van der Waals surface area contributed by atoms with Gasteiger partial charge in [0.25, 0.3) is 0 Å². The average Bonchev–Trinajstić information content (AvgIpc) is 2.91. The summed E-state index contributed by atoms with van der Waals surface area (Å²) >= 11 is 6.26. The molecule has 17 heavy (non-hydrogen) atoms. The second kappa shape index (κ2) is 5.38. The van der Waals surface area contributed by atoms with Crippen LogP contribution in [0.5, 0.6) is 0 Å². The Hall–Kier alpha value is -0.580. The van der Waals surface area contributed by atoms with Gasteiger partial charge >= 0.3 is 0 Å². The number of rotatable bonds is 4. The lowest BCUT2D eigenvalue weighted by Crippen LogP contribution is -2.31. The monoisotopic (exact) mass is 257 g/mol. The number of hydrogen-bond acceptors (Lipinski definition) is 3. The second-order valence-corrected chi connectivity index (χ2v) is 5.14. The van der Waals surface area contributed by atoms with Gasteiger partial charge in [0, 0.05) is 12.6 Å². The lowest BCUT2D eigenvalue weighted by molar-refractivity contribution is 0.0776. The number of nitrogens with zero attached hydrogens (tertiary/aromatic N) is 2. The molecule has 0 spiro atoms. The molecule has 4 nitrogen and oxygen atoms in total. The fraction of sp³-hybridized carbons (Fsp3) is 0.750. The van der Waals surface area contributed by atoms with Gasteiger partial charge in [0.2, 0.25) is 0 Å². The largest absolute Gasteiger partial charge is 0.376 e. The molecule has 2 unspecified atom stereocenters. The van der Waals surface area contributed by atoms with E-state index < -0.39 is 0 Å². The summed E-state index contributed by atoms with van der Waals surface area (Å²) in [7, 11) is 1.94. The lowest BCUT2D eigenvalue weighted by atomic mass is 10.0. The smallest absolute Gasteiger partial charge is 0.0835 e. The van der Waals surface area contributed by atoms with E-state index in [9.17, 15) is 0 Å². The molecule has 96 valence electrons. The van der Waals surface area contributed by atoms with Gasteiger partial charge in [-0.1, -0.05) is 11.6 Å². The van der Waals surface area contributed by atoms with E-state index in [2.05, 4.69) is 24.3 Å². The minimum Gasteiger partial charge on any atom is -0.376 e. The molecule has 2 rings (SSSR count). The summed E-state index contributed by atoms with van der Waals surface area (Å²) in [5.41, 5.74) is 1.04. The molecule has 1 saturated heterocycles. The van der Waals surface area contributed by atoms with E-state index in [1.807, 2.05) is 11.7 Å². The highest BCUT2D eigenvalue weighted by Gasteiger charge is 2.30. The van der Waals surface area contributed by atoms with Crippen molar-refractivity contribution in [2.24, 2.45) is 0 Å². The number of nitrogens with one attached hydrogen (secondary N) is 1. The normalized spacial score (nSPS) is 22.3. The first kappa shape index (κ1) is 12.9. The van der Waals surface area contributed by atoms with Gasteiger partial charge < -0.3 is 10.1 Å². The van der Waals surface area contributed by atoms with Crippen molar-refractivity contribution < 1.29 is 4.74 Å². The van der Waals surface area contributed by atoms with Crippen LogP contribution >= 0.6 is 11.6 Å². The SMILES string of the molecule is CNC(c1c(Cl)cnn1C(C)C)C1CCCO1. The van der Waals surface area contributed by atoms with Gasteiger partial charge in [-0.2, -0.15) is 5.10 Å². The first-order valence-electron chi connectivity index (χ1n) is 6.17. The lowest BCUT2D eigenvalue weighted by Gasteiger charge is -2.25. The first-order valence-corrected chi connectivity index (χ1v) is 6.54. The minimum absolute atomic E-state index is 0.120. The van der Waals surface area contributed by atoms with E-state index in [-0.39, 0.29) is 12.1 Å². The number of halogens is 1. The van der Waals surface area contributed by atoms with Gasteiger partial charge in [-0.3, -0.25) is 4.68 Å². The molecule has 0 radical (unpaired) electrons. The Morgan fingerprint density at radius 3 is 2.88 bits per heavy atom. The zero-order valence-corrected chi connectivity index (χ0v) is 11.4. The van der Waals surface area contributed by atoms with Crippen LogP contribution in [-0.2, 0) is 4.74 Å². The van der Waals surface area contributed by atoms with Gasteiger partial charge in [-0.25, -0.2) is 0 Å². The maximum Gasteiger partial charge on any atom is 0.0835 e. The maximum atomic E-state index is 6.26. The van der Waals surface area contributed by atoms with E-state index >= 15 is 0 Å². The summed E-state index contributed by atoms with van der Waals surface area (Å²) < 4.78 is 7.73. The summed E-state index contributed by atoms with van der Waals surface area (Å²) in [6.45, 7) is 5.06. The number of aromatic nitrogens is 2. The van der Waals surface area contributed by atoms with Crippen LogP contribution in [0.2, 0.25) is 5.02 Å². The van der Waals surface area contributed by atoms with Crippen LogP contribution in [0.4, 0.5) is 0 Å². The Morgan fingerprint density at radius 2 is 2.35 bits per heavy atom. The third-order valence-electron chi connectivity index (χ3n) is 3.22. The molecule has 0 saturated carbocycles. The molecule has 1 fully saturated rings. The molecule has 1 aromatic heterocycles. The summed E-state index contributed by atoms with van der Waals surface area (Å²) in [5, 5.41) is 8.37. The molecular formula is C12H20ClN3O. The van der Waals surface area contributed by atoms with Gasteiger partial charge in [-0.05, 0) is 33.7 Å². The van der Waals surface area contributed by atoms with Gasteiger partial charge in [-0.15, -0.1) is 0 Å². The number of ether oxygens (including phenoxy) is 1. The predicted molar refractivity (Wildman–Crippen MR) is 68.4 cm³/mol. The molecule has 2 heterocycles. The van der Waals surface area contributed by atoms with Crippen LogP contribution in [0.1, 0.15) is 44.5 Å². The van der Waals surface area contributed by atoms with Crippen molar-refractivity contribution in [3.05, 3.63) is 16.9 Å². The van der Waals surface area contributed by atoms with E-state index in [0.717, 1.165) is 25.1 Å². The van der Waals surface area contributed by atoms with Crippen molar-refractivity contribution in [2.75, 3.05) is 13.7 Å². The third kappa shape index (κ3) is 2.49. The third-order valence-corrected chi connectivity index (χ3v) is 3.51. The van der Waals surface area contributed by atoms with Crippen LogP contribution < -0.4 is 5.32 Å². The van der Waals surface area contributed by atoms with E-state index in [1.54, 1.807) is 6.20 Å². The quantitative estimate of drug-likeness (QED) is 0.901. The van der Waals surface area contributed by atoms with Crippen molar-refractivity contribution in [3.8, 4) is 0 Å². The molecular weight excluding hydrogens is 238 g/mol. The van der Waals surface area contributed by atoms with Crippen molar-refractivity contribution in [3.63, 3.8) is 0 Å². The van der Waals surface area contributed by atoms with E-state index in [1.165, 1.54) is 0 Å². The van der Waals surface area contributed by atoms with Crippen molar-refractivity contribution in [1.82, 2.24) is 15.1 Å². The number of hydrogen-bond donors (Lipinski definition) is 1. The highest BCUT2D eigenvalue weighted by atomic mass is 35.5. The average molecular weight is 258 g/mol. The molecule has 1 N–H and O–H groups in total. The Morgan fingerprint density at radius 1 is 1.59 bits per heavy atom. The van der Waals surface area contributed by atoms with Gasteiger partial charge in [0.15, 0.2) is 0 Å². The predicted octanol–water partition coefficient (Wildman–Crippen LogP) is 2.56. The zero-order valence-electron chi connectivity index (χ0n) is 10.6. The highest BCUT2D eigenvalue weighted by molar-refractivity contribution is 6.31. The molecule has 2 atom stereocenters. The molecule has 0 bridgehead atoms. The zero-order chi connectivity index (χ0) is 12.4. The molecule has 1 aromatic rings. The Kier molecular flexibility index (Phi) is 4.07. The minimum atomic E-state index is 0.120. The van der Waals surface area contributed by atoms with Crippen molar-refractivity contribution >= 4 is 11.6 Å². The van der Waals surface area contributed by atoms with E-state index in [0.29, 0.717) is 11.1 Å². The van der Waals surface area contributed by atoms with Crippen LogP contribution in [0.3, 0.4) is 0 Å². The molecule has 0 amide bonds. The van der Waals surface area contributed by atoms with Crippen LogP contribution in [-0.4, -0.2) is 29.5 Å². The first-order chi connectivity index (χ1) is 8.15. The van der Waals surface area contributed by atoms with Crippen molar-refractivity contribution in [2.45, 2.75) is 44.9 Å². The summed E-state index contributed by atoms with van der Waals surface area (Å²) in [6, 6.07) is 0.421. The Bertz CT molecular complexity index is 372. The highest BCUT2D eigenvalue weighted by Crippen LogP contribution is 2.32. The summed E-state index contributed by atoms with van der Waals surface area (Å²) in [5.74, 6) is 0. The van der Waals surface area contributed by atoms with Gasteiger partial charge in [0.05, 0.1) is 29.1 Å². The molecule has 0 aliphatic carbocycles. The fourth-order valence-electron chi connectivity index (χ4n) is 2.42. The molecule has 0 aromatic carbocycles. The summed E-state index contributed by atoms with van der Waals surface area (Å²) in [6.07, 6.45) is 4.11. The standard InChI is InChI=1S/C12H20ClN3O/c1-8(2)16-12(9(13)7-15-16)11(14-3)10-5-4-6-17-10/h7-8,10-11,14H,4-6H2,1-3H3. The van der Waals surface area contributed by atoms with Crippen LogP contribution in [0.15, 0.2) is 6.20 Å². The molecule has 1 aliphatic rings. The van der Waals surface area contributed by atoms with Gasteiger partial charge in [0.1, 0.15) is 0 Å². The van der Waals surface area contributed by atoms with Crippen LogP contribution in [0, 0.1) is 0 Å². The van der Waals surface area contributed by atoms with Crippen molar-refractivity contribution in [1.29, 1.82) is 0 Å². The second-order valence-electron chi connectivity index (χ2n) is 4.73. The maximum absolute atomic E-state index is 6.26.